The number of carbonyl (C=O) groups is 2. The summed E-state index contributed by atoms with van der Waals surface area (Å²) >= 11 is 0. The smallest absolute Gasteiger partial charge is 0.246 e. The largest absolute Gasteiger partial charge is 0.329 e. The van der Waals surface area contributed by atoms with Crippen LogP contribution in [0.2, 0.25) is 0 Å². The lowest BCUT2D eigenvalue weighted by atomic mass is 9.83. The van der Waals surface area contributed by atoms with Crippen LogP contribution in [0.5, 0.6) is 0 Å². The number of piperazine rings is 1. The molecule has 2 heterocycles. The molecular formula is C16H28N2O2. The molecule has 2 rings (SSSR count). The van der Waals surface area contributed by atoms with E-state index in [1.165, 1.54) is 0 Å². The van der Waals surface area contributed by atoms with E-state index in [4.69, 9.17) is 0 Å². The molecule has 0 N–H and O–H groups in total. The van der Waals surface area contributed by atoms with Crippen LogP contribution in [-0.4, -0.2) is 46.3 Å². The third-order valence-electron chi connectivity index (χ3n) is 5.00. The van der Waals surface area contributed by atoms with Crippen LogP contribution in [-0.2, 0) is 9.59 Å². The van der Waals surface area contributed by atoms with E-state index in [1.807, 2.05) is 16.7 Å². The van der Waals surface area contributed by atoms with E-state index in [0.29, 0.717) is 6.42 Å². The summed E-state index contributed by atoms with van der Waals surface area (Å²) in [6.45, 7) is 11.2. The van der Waals surface area contributed by atoms with Gasteiger partial charge in [0.15, 0.2) is 0 Å². The van der Waals surface area contributed by atoms with Gasteiger partial charge in [0, 0.05) is 12.6 Å². The van der Waals surface area contributed by atoms with Gasteiger partial charge in [0.25, 0.3) is 0 Å². The molecule has 114 valence electrons. The molecule has 2 aliphatic rings. The van der Waals surface area contributed by atoms with Gasteiger partial charge < -0.3 is 9.80 Å². The van der Waals surface area contributed by atoms with Gasteiger partial charge in [0.05, 0.1) is 0 Å². The predicted octanol–water partition coefficient (Wildman–Crippen LogP) is 2.42. The SMILES string of the molecule is CCC1C(=O)N2CCCCC2C(=O)N1C(C)C(C)(C)C. The molecule has 0 saturated carbocycles. The first-order valence-electron chi connectivity index (χ1n) is 7.91. The van der Waals surface area contributed by atoms with E-state index in [0.717, 1.165) is 25.8 Å². The van der Waals surface area contributed by atoms with Crippen LogP contribution in [0.4, 0.5) is 0 Å². The summed E-state index contributed by atoms with van der Waals surface area (Å²) in [5, 5.41) is 0. The second kappa shape index (κ2) is 5.38. The third kappa shape index (κ3) is 2.45. The summed E-state index contributed by atoms with van der Waals surface area (Å²) in [4.78, 5) is 29.3. The number of fused-ring (bicyclic) bond motifs is 1. The van der Waals surface area contributed by atoms with Crippen molar-refractivity contribution in [2.75, 3.05) is 6.54 Å². The maximum atomic E-state index is 12.9. The zero-order chi connectivity index (χ0) is 15.1. The Morgan fingerprint density at radius 3 is 2.40 bits per heavy atom. The summed E-state index contributed by atoms with van der Waals surface area (Å²) in [5.74, 6) is 0.325. The highest BCUT2D eigenvalue weighted by atomic mass is 16.2. The Hall–Kier alpha value is -1.06. The zero-order valence-corrected chi connectivity index (χ0v) is 13.5. The fraction of sp³-hybridized carbons (Fsp3) is 0.875. The number of rotatable bonds is 2. The highest BCUT2D eigenvalue weighted by molar-refractivity contribution is 5.97. The monoisotopic (exact) mass is 280 g/mol. The number of hydrogen-bond acceptors (Lipinski definition) is 2. The first-order valence-corrected chi connectivity index (χ1v) is 7.91. The molecule has 0 aromatic heterocycles. The van der Waals surface area contributed by atoms with Crippen molar-refractivity contribution in [2.24, 2.45) is 5.41 Å². The lowest BCUT2D eigenvalue weighted by Crippen LogP contribution is -2.68. The fourth-order valence-corrected chi connectivity index (χ4v) is 3.34. The van der Waals surface area contributed by atoms with Crippen LogP contribution in [0, 0.1) is 5.41 Å². The molecule has 2 amide bonds. The molecule has 0 aromatic rings. The van der Waals surface area contributed by atoms with Crippen molar-refractivity contribution in [1.29, 1.82) is 0 Å². The predicted molar refractivity (Wildman–Crippen MR) is 79.2 cm³/mol. The van der Waals surface area contributed by atoms with E-state index >= 15 is 0 Å². The quantitative estimate of drug-likeness (QED) is 0.779. The minimum absolute atomic E-state index is 0.0137. The van der Waals surface area contributed by atoms with E-state index in [1.54, 1.807) is 0 Å². The van der Waals surface area contributed by atoms with Crippen LogP contribution in [0.15, 0.2) is 0 Å². The highest BCUT2D eigenvalue weighted by Gasteiger charge is 2.48. The van der Waals surface area contributed by atoms with Crippen molar-refractivity contribution in [1.82, 2.24) is 9.80 Å². The molecule has 2 saturated heterocycles. The van der Waals surface area contributed by atoms with Gasteiger partial charge in [-0.25, -0.2) is 0 Å². The Balaban J connectivity index is 2.34. The maximum absolute atomic E-state index is 12.9. The molecule has 3 unspecified atom stereocenters. The summed E-state index contributed by atoms with van der Waals surface area (Å²) in [5.41, 5.74) is -0.0137. The number of carbonyl (C=O) groups excluding carboxylic acids is 2. The Kier molecular flexibility index (Phi) is 4.12. The van der Waals surface area contributed by atoms with Crippen molar-refractivity contribution >= 4 is 11.8 Å². The summed E-state index contributed by atoms with van der Waals surface area (Å²) in [7, 11) is 0. The Morgan fingerprint density at radius 2 is 1.85 bits per heavy atom. The van der Waals surface area contributed by atoms with Crippen LogP contribution in [0.25, 0.3) is 0 Å². The van der Waals surface area contributed by atoms with Crippen LogP contribution in [0.3, 0.4) is 0 Å². The molecule has 0 spiro atoms. The van der Waals surface area contributed by atoms with Gasteiger partial charge in [0.1, 0.15) is 12.1 Å². The van der Waals surface area contributed by atoms with Gasteiger partial charge in [0.2, 0.25) is 11.8 Å². The maximum Gasteiger partial charge on any atom is 0.246 e. The first-order chi connectivity index (χ1) is 9.29. The van der Waals surface area contributed by atoms with E-state index in [9.17, 15) is 9.59 Å². The number of hydrogen-bond donors (Lipinski definition) is 0. The molecule has 4 nitrogen and oxygen atoms in total. The number of amides is 2. The average molecular weight is 280 g/mol. The molecule has 0 aliphatic carbocycles. The van der Waals surface area contributed by atoms with E-state index in [-0.39, 0.29) is 35.4 Å². The Morgan fingerprint density at radius 1 is 1.20 bits per heavy atom. The van der Waals surface area contributed by atoms with Crippen molar-refractivity contribution in [2.45, 2.75) is 78.4 Å². The molecular weight excluding hydrogens is 252 g/mol. The summed E-state index contributed by atoms with van der Waals surface area (Å²) < 4.78 is 0. The lowest BCUT2D eigenvalue weighted by Gasteiger charge is -2.51. The van der Waals surface area contributed by atoms with Gasteiger partial charge in [-0.3, -0.25) is 9.59 Å². The second-order valence-electron chi connectivity index (χ2n) is 7.25. The highest BCUT2D eigenvalue weighted by Crippen LogP contribution is 2.33. The lowest BCUT2D eigenvalue weighted by molar-refractivity contribution is -0.168. The summed E-state index contributed by atoms with van der Waals surface area (Å²) in [6, 6.07) is -0.400. The second-order valence-corrected chi connectivity index (χ2v) is 7.25. The molecule has 0 bridgehead atoms. The molecule has 0 aromatic carbocycles. The van der Waals surface area contributed by atoms with Gasteiger partial charge in [-0.1, -0.05) is 27.7 Å². The van der Waals surface area contributed by atoms with E-state index in [2.05, 4.69) is 27.7 Å². The molecule has 4 heteroatoms. The molecule has 2 fully saturated rings. The molecule has 0 radical (unpaired) electrons. The summed E-state index contributed by atoms with van der Waals surface area (Å²) in [6.07, 6.45) is 3.61. The van der Waals surface area contributed by atoms with Gasteiger partial charge >= 0.3 is 0 Å². The van der Waals surface area contributed by atoms with Crippen molar-refractivity contribution in [3.05, 3.63) is 0 Å². The first kappa shape index (κ1) is 15.3. The van der Waals surface area contributed by atoms with Crippen LogP contribution >= 0.6 is 0 Å². The van der Waals surface area contributed by atoms with Crippen LogP contribution in [0.1, 0.15) is 60.3 Å². The van der Waals surface area contributed by atoms with Crippen LogP contribution < -0.4 is 0 Å². The normalized spacial score (nSPS) is 29.4. The fourth-order valence-electron chi connectivity index (χ4n) is 3.34. The molecule has 3 atom stereocenters. The van der Waals surface area contributed by atoms with Gasteiger partial charge in [-0.05, 0) is 38.0 Å². The van der Waals surface area contributed by atoms with Gasteiger partial charge in [-0.2, -0.15) is 0 Å². The van der Waals surface area contributed by atoms with Gasteiger partial charge in [-0.15, -0.1) is 0 Å². The third-order valence-corrected chi connectivity index (χ3v) is 5.00. The molecule has 20 heavy (non-hydrogen) atoms. The number of nitrogens with zero attached hydrogens (tertiary/aromatic N) is 2. The minimum Gasteiger partial charge on any atom is -0.329 e. The topological polar surface area (TPSA) is 40.6 Å². The van der Waals surface area contributed by atoms with E-state index < -0.39 is 0 Å². The van der Waals surface area contributed by atoms with Crippen molar-refractivity contribution in [3.8, 4) is 0 Å². The van der Waals surface area contributed by atoms with Crippen molar-refractivity contribution < 1.29 is 9.59 Å². The molecule has 2 aliphatic heterocycles. The standard InChI is InChI=1S/C16H28N2O2/c1-6-12-14(19)17-10-8-7-9-13(17)15(20)18(12)11(2)16(3,4)5/h11-13H,6-10H2,1-5H3. The van der Waals surface area contributed by atoms with Crippen molar-refractivity contribution in [3.63, 3.8) is 0 Å². The zero-order valence-electron chi connectivity index (χ0n) is 13.5. The number of piperidine rings is 1. The average Bonchev–Trinajstić information content (AvgIpc) is 2.40. The Bertz CT molecular complexity index is 400. The minimum atomic E-state index is -0.272. The Labute approximate surface area is 122 Å².